The summed E-state index contributed by atoms with van der Waals surface area (Å²) in [5.74, 6) is 1.41. The summed E-state index contributed by atoms with van der Waals surface area (Å²) >= 11 is 0. The minimum atomic E-state index is 0. The Balaban J connectivity index is 0.00000144. The van der Waals surface area contributed by atoms with Gasteiger partial charge < -0.3 is 10.2 Å². The van der Waals surface area contributed by atoms with Crippen molar-refractivity contribution in [2.24, 2.45) is 11.8 Å². The second-order valence-corrected chi connectivity index (χ2v) is 5.42. The fourth-order valence-electron chi connectivity index (χ4n) is 3.11. The molecule has 2 saturated heterocycles. The van der Waals surface area contributed by atoms with Gasteiger partial charge in [-0.15, -0.1) is 12.4 Å². The Labute approximate surface area is 111 Å². The van der Waals surface area contributed by atoms with Gasteiger partial charge >= 0.3 is 0 Å². The average Bonchev–Trinajstić information content (AvgIpc) is 2.70. The molecule has 2 aliphatic rings. The topological polar surface area (TPSA) is 32.3 Å². The fourth-order valence-corrected chi connectivity index (χ4v) is 3.11. The largest absolute Gasteiger partial charge is 0.339 e. The van der Waals surface area contributed by atoms with Crippen molar-refractivity contribution in [3.05, 3.63) is 0 Å². The molecule has 100 valence electrons. The standard InChI is InChI=1S/C13H24N2O.ClH/c1-3-12-8-10(2)9-15(12)13(16)11-4-6-14-7-5-11;/h10-12,14H,3-9H2,1-2H3;1H. The van der Waals surface area contributed by atoms with E-state index in [2.05, 4.69) is 24.1 Å². The molecule has 4 heteroatoms. The van der Waals surface area contributed by atoms with E-state index in [-0.39, 0.29) is 12.4 Å². The van der Waals surface area contributed by atoms with E-state index in [0.29, 0.717) is 23.8 Å². The normalized spacial score (nSPS) is 30.1. The average molecular weight is 261 g/mol. The molecule has 2 atom stereocenters. The Morgan fingerprint density at radius 3 is 2.59 bits per heavy atom. The van der Waals surface area contributed by atoms with Crippen LogP contribution in [-0.4, -0.2) is 36.5 Å². The van der Waals surface area contributed by atoms with E-state index in [0.717, 1.165) is 38.9 Å². The molecule has 0 radical (unpaired) electrons. The number of hydrogen-bond donors (Lipinski definition) is 1. The molecule has 2 aliphatic heterocycles. The molecule has 0 bridgehead atoms. The summed E-state index contributed by atoms with van der Waals surface area (Å²) in [5.41, 5.74) is 0. The van der Waals surface area contributed by atoms with E-state index < -0.39 is 0 Å². The van der Waals surface area contributed by atoms with Crippen LogP contribution in [0.1, 0.15) is 39.5 Å². The molecule has 0 aromatic rings. The van der Waals surface area contributed by atoms with Crippen LogP contribution in [0, 0.1) is 11.8 Å². The van der Waals surface area contributed by atoms with E-state index in [9.17, 15) is 4.79 Å². The molecule has 0 aromatic heterocycles. The summed E-state index contributed by atoms with van der Waals surface area (Å²) in [4.78, 5) is 14.6. The van der Waals surface area contributed by atoms with Crippen molar-refractivity contribution in [2.45, 2.75) is 45.6 Å². The smallest absolute Gasteiger partial charge is 0.226 e. The summed E-state index contributed by atoms with van der Waals surface area (Å²) < 4.78 is 0. The van der Waals surface area contributed by atoms with Crippen LogP contribution >= 0.6 is 12.4 Å². The Bertz CT molecular complexity index is 254. The lowest BCUT2D eigenvalue weighted by Crippen LogP contribution is -2.43. The third-order valence-electron chi connectivity index (χ3n) is 4.07. The summed E-state index contributed by atoms with van der Waals surface area (Å²) in [6, 6.07) is 0.511. The first-order chi connectivity index (χ1) is 7.72. The van der Waals surface area contributed by atoms with Gasteiger partial charge in [-0.2, -0.15) is 0 Å². The monoisotopic (exact) mass is 260 g/mol. The molecule has 2 fully saturated rings. The Morgan fingerprint density at radius 2 is 2.00 bits per heavy atom. The van der Waals surface area contributed by atoms with Gasteiger partial charge in [0.25, 0.3) is 0 Å². The van der Waals surface area contributed by atoms with Gasteiger partial charge in [-0.25, -0.2) is 0 Å². The first-order valence-corrected chi connectivity index (χ1v) is 6.73. The van der Waals surface area contributed by atoms with Gasteiger partial charge in [0.1, 0.15) is 0 Å². The maximum absolute atomic E-state index is 12.4. The molecule has 0 saturated carbocycles. The van der Waals surface area contributed by atoms with Crippen LogP contribution < -0.4 is 5.32 Å². The van der Waals surface area contributed by atoms with Crippen molar-refractivity contribution in [1.82, 2.24) is 10.2 Å². The molecule has 0 aromatic carbocycles. The predicted molar refractivity (Wildman–Crippen MR) is 72.4 cm³/mol. The van der Waals surface area contributed by atoms with Gasteiger partial charge in [-0.05, 0) is 44.7 Å². The highest BCUT2D eigenvalue weighted by Gasteiger charge is 2.35. The molecule has 3 nitrogen and oxygen atoms in total. The number of nitrogens with one attached hydrogen (secondary N) is 1. The second-order valence-electron chi connectivity index (χ2n) is 5.42. The van der Waals surface area contributed by atoms with Crippen molar-refractivity contribution >= 4 is 18.3 Å². The molecule has 0 spiro atoms. The zero-order valence-corrected chi connectivity index (χ0v) is 11.8. The number of rotatable bonds is 2. The molecule has 0 aliphatic carbocycles. The highest BCUT2D eigenvalue weighted by atomic mass is 35.5. The first-order valence-electron chi connectivity index (χ1n) is 6.73. The fraction of sp³-hybridized carbons (Fsp3) is 0.923. The van der Waals surface area contributed by atoms with Crippen molar-refractivity contribution in [3.8, 4) is 0 Å². The van der Waals surface area contributed by atoms with Crippen molar-refractivity contribution in [1.29, 1.82) is 0 Å². The van der Waals surface area contributed by atoms with Crippen LogP contribution in [0.15, 0.2) is 0 Å². The third-order valence-corrected chi connectivity index (χ3v) is 4.07. The number of hydrogen-bond acceptors (Lipinski definition) is 2. The van der Waals surface area contributed by atoms with Crippen molar-refractivity contribution < 1.29 is 4.79 Å². The van der Waals surface area contributed by atoms with Gasteiger partial charge in [-0.1, -0.05) is 13.8 Å². The number of amides is 1. The number of carbonyl (C=O) groups excluding carboxylic acids is 1. The quantitative estimate of drug-likeness (QED) is 0.824. The highest BCUT2D eigenvalue weighted by molar-refractivity contribution is 5.85. The zero-order chi connectivity index (χ0) is 11.5. The van der Waals surface area contributed by atoms with Crippen LogP contribution in [-0.2, 0) is 4.79 Å². The Hall–Kier alpha value is -0.280. The van der Waals surface area contributed by atoms with Gasteiger partial charge in [0, 0.05) is 18.5 Å². The molecule has 17 heavy (non-hydrogen) atoms. The minimum absolute atomic E-state index is 0. The number of carbonyl (C=O) groups is 1. The van der Waals surface area contributed by atoms with E-state index in [1.807, 2.05) is 0 Å². The van der Waals surface area contributed by atoms with E-state index in [4.69, 9.17) is 0 Å². The second kappa shape index (κ2) is 6.60. The summed E-state index contributed by atoms with van der Waals surface area (Å²) in [6.45, 7) is 7.47. The van der Waals surface area contributed by atoms with Crippen LogP contribution in [0.5, 0.6) is 0 Å². The molecular formula is C13H25ClN2O. The lowest BCUT2D eigenvalue weighted by molar-refractivity contribution is -0.137. The van der Waals surface area contributed by atoms with Gasteiger partial charge in [0.2, 0.25) is 5.91 Å². The van der Waals surface area contributed by atoms with Crippen LogP contribution in [0.4, 0.5) is 0 Å². The molecule has 1 N–H and O–H groups in total. The van der Waals surface area contributed by atoms with Gasteiger partial charge in [-0.3, -0.25) is 4.79 Å². The summed E-state index contributed by atoms with van der Waals surface area (Å²) in [7, 11) is 0. The lowest BCUT2D eigenvalue weighted by atomic mass is 9.96. The third kappa shape index (κ3) is 3.35. The van der Waals surface area contributed by atoms with Crippen molar-refractivity contribution in [2.75, 3.05) is 19.6 Å². The number of piperidine rings is 1. The Morgan fingerprint density at radius 1 is 1.35 bits per heavy atom. The van der Waals surface area contributed by atoms with Gasteiger partial charge in [0.05, 0.1) is 0 Å². The predicted octanol–water partition coefficient (Wildman–Crippen LogP) is 2.05. The van der Waals surface area contributed by atoms with E-state index in [1.54, 1.807) is 0 Å². The summed E-state index contributed by atoms with van der Waals surface area (Å²) in [6.07, 6.45) is 4.37. The molecule has 2 heterocycles. The van der Waals surface area contributed by atoms with Crippen LogP contribution in [0.3, 0.4) is 0 Å². The van der Waals surface area contributed by atoms with Crippen LogP contribution in [0.2, 0.25) is 0 Å². The molecular weight excluding hydrogens is 236 g/mol. The number of nitrogens with zero attached hydrogens (tertiary/aromatic N) is 1. The Kier molecular flexibility index (Phi) is 5.74. The summed E-state index contributed by atoms with van der Waals surface area (Å²) in [5, 5.41) is 3.32. The van der Waals surface area contributed by atoms with Crippen molar-refractivity contribution in [3.63, 3.8) is 0 Å². The van der Waals surface area contributed by atoms with Crippen LogP contribution in [0.25, 0.3) is 0 Å². The van der Waals surface area contributed by atoms with E-state index in [1.165, 1.54) is 6.42 Å². The van der Waals surface area contributed by atoms with E-state index >= 15 is 0 Å². The highest BCUT2D eigenvalue weighted by Crippen LogP contribution is 2.28. The SMILES string of the molecule is CCC1CC(C)CN1C(=O)C1CCNCC1.Cl. The minimum Gasteiger partial charge on any atom is -0.339 e. The molecule has 1 amide bonds. The molecule has 2 rings (SSSR count). The lowest BCUT2D eigenvalue weighted by Gasteiger charge is -2.30. The first kappa shape index (κ1) is 14.8. The zero-order valence-electron chi connectivity index (χ0n) is 10.9. The number of halogens is 1. The molecule has 2 unspecified atom stereocenters. The maximum atomic E-state index is 12.4. The van der Waals surface area contributed by atoms with Gasteiger partial charge in [0.15, 0.2) is 0 Å². The number of likely N-dealkylation sites (tertiary alicyclic amines) is 1. The maximum Gasteiger partial charge on any atom is 0.226 e.